The highest BCUT2D eigenvalue weighted by molar-refractivity contribution is 9.09. The van der Waals surface area contributed by atoms with Crippen molar-refractivity contribution < 1.29 is 1.37 Å². The van der Waals surface area contributed by atoms with Crippen molar-refractivity contribution in [2.75, 3.05) is 5.33 Å². The molecule has 0 heterocycles. The highest BCUT2D eigenvalue weighted by atomic mass is 79.9. The molecule has 0 spiro atoms. The standard InChI is InChI=1S/C5H11Br/c1-2-3-4-5-6/h2-5H2,1H3/i1D. The van der Waals surface area contributed by atoms with Crippen LogP contribution in [0.4, 0.5) is 0 Å². The molecule has 0 N–H and O–H groups in total. The maximum absolute atomic E-state index is 6.77. The molecule has 0 fully saturated rings. The van der Waals surface area contributed by atoms with Crippen molar-refractivity contribution in [3.05, 3.63) is 0 Å². The lowest BCUT2D eigenvalue weighted by atomic mass is 10.3. The van der Waals surface area contributed by atoms with Gasteiger partial charge in [-0.05, 0) is 6.42 Å². The fourth-order valence-corrected chi connectivity index (χ4v) is 0.668. The van der Waals surface area contributed by atoms with Gasteiger partial charge in [-0.25, -0.2) is 0 Å². The maximum Gasteiger partial charge on any atom is 0.0230 e. The summed E-state index contributed by atoms with van der Waals surface area (Å²) in [4.78, 5) is 0. The molecule has 0 aromatic rings. The number of alkyl halides is 1. The summed E-state index contributed by atoms with van der Waals surface area (Å²) in [5.41, 5.74) is 0. The van der Waals surface area contributed by atoms with Gasteiger partial charge in [-0.3, -0.25) is 0 Å². The summed E-state index contributed by atoms with van der Waals surface area (Å²) in [5.74, 6) is 0. The van der Waals surface area contributed by atoms with E-state index in [0.717, 1.165) is 11.8 Å². The van der Waals surface area contributed by atoms with Crippen LogP contribution >= 0.6 is 15.9 Å². The summed E-state index contributed by atoms with van der Waals surface area (Å²) in [6, 6.07) is 0. The summed E-state index contributed by atoms with van der Waals surface area (Å²) >= 11 is 3.32. The van der Waals surface area contributed by atoms with Gasteiger partial charge in [0.15, 0.2) is 0 Å². The van der Waals surface area contributed by atoms with Crippen molar-refractivity contribution in [3.8, 4) is 0 Å². The third-order valence-electron chi connectivity index (χ3n) is 0.634. The topological polar surface area (TPSA) is 0 Å². The number of unbranched alkanes of at least 4 members (excludes halogenated alkanes) is 2. The second-order valence-corrected chi connectivity index (χ2v) is 2.04. The van der Waals surface area contributed by atoms with Gasteiger partial charge in [-0.15, -0.1) is 0 Å². The monoisotopic (exact) mass is 151 g/mol. The van der Waals surface area contributed by atoms with Crippen LogP contribution in [0, 0.1) is 0 Å². The Labute approximate surface area is 49.5 Å². The summed E-state index contributed by atoms with van der Waals surface area (Å²) < 4.78 is 6.77. The fourth-order valence-electron chi connectivity index (χ4n) is 0.271. The lowest BCUT2D eigenvalue weighted by molar-refractivity contribution is 0.781. The van der Waals surface area contributed by atoms with Crippen molar-refractivity contribution in [1.82, 2.24) is 0 Å². The molecule has 0 aromatic carbocycles. The molecule has 0 aliphatic heterocycles. The molecule has 38 valence electrons. The van der Waals surface area contributed by atoms with Crippen LogP contribution in [0.15, 0.2) is 0 Å². The van der Waals surface area contributed by atoms with Crippen LogP contribution in [0.25, 0.3) is 0 Å². The first-order valence-electron chi connectivity index (χ1n) is 2.97. The van der Waals surface area contributed by atoms with E-state index in [-0.39, 0.29) is 0 Å². The smallest absolute Gasteiger partial charge is 0.0230 e. The molecule has 0 saturated heterocycles. The molecular formula is C5H11Br. The van der Waals surface area contributed by atoms with Gasteiger partial charge in [0.1, 0.15) is 0 Å². The Morgan fingerprint density at radius 2 is 2.50 bits per heavy atom. The van der Waals surface area contributed by atoms with E-state index >= 15 is 0 Å². The van der Waals surface area contributed by atoms with Gasteiger partial charge in [0.05, 0.1) is 0 Å². The van der Waals surface area contributed by atoms with Crippen LogP contribution in [0.5, 0.6) is 0 Å². The van der Waals surface area contributed by atoms with Gasteiger partial charge in [0.2, 0.25) is 0 Å². The van der Waals surface area contributed by atoms with Gasteiger partial charge in [-0.1, -0.05) is 35.7 Å². The number of hydrogen-bond donors (Lipinski definition) is 0. The minimum absolute atomic E-state index is 0.590. The minimum Gasteiger partial charge on any atom is -0.0928 e. The van der Waals surface area contributed by atoms with Crippen LogP contribution in [-0.4, -0.2) is 5.33 Å². The van der Waals surface area contributed by atoms with E-state index in [1.807, 2.05) is 0 Å². The van der Waals surface area contributed by atoms with E-state index < -0.39 is 0 Å². The highest BCUT2D eigenvalue weighted by Gasteiger charge is 1.76. The molecule has 1 heteroatoms. The van der Waals surface area contributed by atoms with Gasteiger partial charge in [0.25, 0.3) is 0 Å². The Kier molecular flexibility index (Phi) is 4.23. The summed E-state index contributed by atoms with van der Waals surface area (Å²) in [6.07, 6.45) is 3.49. The van der Waals surface area contributed by atoms with E-state index in [1.54, 1.807) is 0 Å². The first kappa shape index (κ1) is 4.63. The molecule has 0 saturated carbocycles. The van der Waals surface area contributed by atoms with Gasteiger partial charge in [0, 0.05) is 6.70 Å². The van der Waals surface area contributed by atoms with Crippen molar-refractivity contribution in [2.24, 2.45) is 0 Å². The Hall–Kier alpha value is 0.480. The third kappa shape index (κ3) is 4.48. The fraction of sp³-hybridized carbons (Fsp3) is 1.00. The first-order valence-corrected chi connectivity index (χ1v) is 3.39. The van der Waals surface area contributed by atoms with Gasteiger partial charge >= 0.3 is 0 Å². The molecule has 0 aliphatic carbocycles. The molecule has 0 unspecified atom stereocenters. The quantitative estimate of drug-likeness (QED) is 0.430. The molecule has 0 amide bonds. The largest absolute Gasteiger partial charge is 0.0928 e. The SMILES string of the molecule is [2H]CCCCCBr. The normalized spacial score (nSPS) is 11.2. The Morgan fingerprint density at radius 1 is 1.67 bits per heavy atom. The Bertz CT molecular complexity index is 27.3. The van der Waals surface area contributed by atoms with Crippen molar-refractivity contribution in [2.45, 2.75) is 26.2 Å². The summed E-state index contributed by atoms with van der Waals surface area (Å²) in [6.45, 7) is 0.590. The zero-order valence-corrected chi connectivity index (χ0v) is 5.50. The second kappa shape index (κ2) is 5.48. The Balaban J connectivity index is 2.45. The average molecular weight is 152 g/mol. The number of rotatable bonds is 3. The molecule has 0 bridgehead atoms. The molecular weight excluding hydrogens is 140 g/mol. The van der Waals surface area contributed by atoms with E-state index in [9.17, 15) is 0 Å². The number of hydrogen-bond acceptors (Lipinski definition) is 0. The van der Waals surface area contributed by atoms with Gasteiger partial charge < -0.3 is 0 Å². The summed E-state index contributed by atoms with van der Waals surface area (Å²) in [7, 11) is 0. The van der Waals surface area contributed by atoms with Crippen molar-refractivity contribution in [1.29, 1.82) is 0 Å². The molecule has 0 rings (SSSR count). The van der Waals surface area contributed by atoms with Crippen molar-refractivity contribution >= 4 is 15.9 Å². The molecule has 0 aromatic heterocycles. The van der Waals surface area contributed by atoms with E-state index in [0.29, 0.717) is 6.90 Å². The van der Waals surface area contributed by atoms with Crippen LogP contribution in [0.3, 0.4) is 0 Å². The third-order valence-corrected chi connectivity index (χ3v) is 1.19. The zero-order chi connectivity index (χ0) is 5.54. The van der Waals surface area contributed by atoms with Crippen LogP contribution in [0.1, 0.15) is 27.5 Å². The van der Waals surface area contributed by atoms with E-state index in [2.05, 4.69) is 15.9 Å². The average Bonchev–Trinajstić information content (AvgIpc) is 1.69. The van der Waals surface area contributed by atoms with E-state index in [1.165, 1.54) is 12.8 Å². The van der Waals surface area contributed by atoms with Crippen molar-refractivity contribution in [3.63, 3.8) is 0 Å². The van der Waals surface area contributed by atoms with Crippen LogP contribution < -0.4 is 0 Å². The lowest BCUT2D eigenvalue weighted by Gasteiger charge is -1.85. The zero-order valence-electron chi connectivity index (χ0n) is 4.91. The van der Waals surface area contributed by atoms with Crippen LogP contribution in [-0.2, 0) is 0 Å². The lowest BCUT2D eigenvalue weighted by Crippen LogP contribution is -1.70. The first-order chi connectivity index (χ1) is 3.41. The molecule has 6 heavy (non-hydrogen) atoms. The Morgan fingerprint density at radius 3 is 3.00 bits per heavy atom. The minimum atomic E-state index is 0.590. The highest BCUT2D eigenvalue weighted by Crippen LogP contribution is 1.95. The molecule has 0 atom stereocenters. The van der Waals surface area contributed by atoms with E-state index in [4.69, 9.17) is 1.37 Å². The summed E-state index contributed by atoms with van der Waals surface area (Å²) in [5, 5.41) is 1.09. The predicted octanol–water partition coefficient (Wildman–Crippen LogP) is 2.57. The molecule has 0 radical (unpaired) electrons. The molecule has 0 aliphatic rings. The number of halogens is 1. The second-order valence-electron chi connectivity index (χ2n) is 1.25. The maximum atomic E-state index is 6.77. The molecule has 0 nitrogen and oxygen atoms in total. The van der Waals surface area contributed by atoms with Gasteiger partial charge in [-0.2, -0.15) is 0 Å². The predicted molar refractivity (Wildman–Crippen MR) is 33.3 cm³/mol. The van der Waals surface area contributed by atoms with Crippen LogP contribution in [0.2, 0.25) is 0 Å².